The van der Waals surface area contributed by atoms with Crippen molar-refractivity contribution in [3.63, 3.8) is 0 Å². The number of hydrogen-bond acceptors (Lipinski definition) is 6. The molecule has 0 aliphatic heterocycles. The highest BCUT2D eigenvalue weighted by Gasteiger charge is 2.27. The molecule has 2 N–H and O–H groups in total. The van der Waals surface area contributed by atoms with E-state index >= 15 is 0 Å². The van der Waals surface area contributed by atoms with E-state index in [-0.39, 0.29) is 6.61 Å². The summed E-state index contributed by atoms with van der Waals surface area (Å²) in [7, 11) is 1.85. The molecular weight excluding hydrogens is 284 g/mol. The maximum absolute atomic E-state index is 9.18. The van der Waals surface area contributed by atoms with Crippen LogP contribution >= 0.6 is 11.3 Å². The van der Waals surface area contributed by atoms with Gasteiger partial charge >= 0.3 is 0 Å². The minimum Gasteiger partial charge on any atom is -0.396 e. The van der Waals surface area contributed by atoms with Crippen LogP contribution in [0, 0.1) is 6.92 Å². The number of rotatable bonds is 6. The Morgan fingerprint density at radius 3 is 2.86 bits per heavy atom. The number of aliphatic hydroxyl groups is 1. The minimum absolute atomic E-state index is 0.221. The van der Waals surface area contributed by atoms with Crippen LogP contribution in [0.25, 0.3) is 10.2 Å². The second-order valence-electron chi connectivity index (χ2n) is 5.55. The summed E-state index contributed by atoms with van der Waals surface area (Å²) in [6.45, 7) is 3.18. The third kappa shape index (κ3) is 2.82. The van der Waals surface area contributed by atoms with Crippen LogP contribution in [0.4, 0.5) is 11.8 Å². The number of aromatic nitrogens is 2. The minimum atomic E-state index is 0.221. The van der Waals surface area contributed by atoms with E-state index in [0.29, 0.717) is 12.0 Å². The number of aryl methyl sites for hydroxylation is 1. The Morgan fingerprint density at radius 1 is 1.43 bits per heavy atom. The maximum atomic E-state index is 9.18. The lowest BCUT2D eigenvalue weighted by Gasteiger charge is -2.38. The standard InChI is InChI=1S/C15H22N4OS/c1-10-9-12-13(17-15(16-2)18-14(12)21-10)19(7-4-8-20)11-5-3-6-11/h9,11,20H,3-8H2,1-2H3,(H,16,17,18). The molecule has 0 atom stereocenters. The predicted molar refractivity (Wildman–Crippen MR) is 88.4 cm³/mol. The van der Waals surface area contributed by atoms with Crippen molar-refractivity contribution >= 4 is 33.3 Å². The Hall–Kier alpha value is -1.40. The number of aliphatic hydroxyl groups excluding tert-OH is 1. The number of nitrogens with zero attached hydrogens (tertiary/aromatic N) is 3. The number of fused-ring (bicyclic) bond motifs is 1. The maximum Gasteiger partial charge on any atom is 0.225 e. The molecule has 2 aromatic rings. The molecule has 5 nitrogen and oxygen atoms in total. The van der Waals surface area contributed by atoms with Gasteiger partial charge in [0, 0.05) is 31.1 Å². The molecule has 2 aromatic heterocycles. The number of hydrogen-bond donors (Lipinski definition) is 2. The molecule has 0 aromatic carbocycles. The highest BCUT2D eigenvalue weighted by molar-refractivity contribution is 7.18. The molecule has 0 saturated heterocycles. The van der Waals surface area contributed by atoms with Crippen LogP contribution in [-0.2, 0) is 0 Å². The van der Waals surface area contributed by atoms with Crippen molar-refractivity contribution in [1.29, 1.82) is 0 Å². The van der Waals surface area contributed by atoms with Crippen LogP contribution in [0.2, 0.25) is 0 Å². The Morgan fingerprint density at radius 2 is 2.24 bits per heavy atom. The van der Waals surface area contributed by atoms with E-state index in [0.717, 1.165) is 29.0 Å². The van der Waals surface area contributed by atoms with Gasteiger partial charge in [-0.05, 0) is 38.7 Å². The first kappa shape index (κ1) is 14.5. The fraction of sp³-hybridized carbons (Fsp3) is 0.600. The fourth-order valence-corrected chi connectivity index (χ4v) is 3.63. The van der Waals surface area contributed by atoms with E-state index in [4.69, 9.17) is 4.98 Å². The van der Waals surface area contributed by atoms with E-state index in [2.05, 4.69) is 28.2 Å². The van der Waals surface area contributed by atoms with Crippen molar-refractivity contribution in [2.45, 2.75) is 38.6 Å². The van der Waals surface area contributed by atoms with Gasteiger partial charge in [0.1, 0.15) is 10.6 Å². The molecule has 21 heavy (non-hydrogen) atoms. The molecule has 1 aliphatic rings. The third-order valence-electron chi connectivity index (χ3n) is 4.06. The first-order valence-corrected chi connectivity index (χ1v) is 8.38. The van der Waals surface area contributed by atoms with Crippen LogP contribution in [-0.4, -0.2) is 41.3 Å². The smallest absolute Gasteiger partial charge is 0.225 e. The zero-order chi connectivity index (χ0) is 14.8. The highest BCUT2D eigenvalue weighted by Crippen LogP contribution is 2.36. The molecule has 1 saturated carbocycles. The summed E-state index contributed by atoms with van der Waals surface area (Å²) in [5.41, 5.74) is 0. The van der Waals surface area contributed by atoms with Crippen molar-refractivity contribution in [2.75, 3.05) is 30.4 Å². The van der Waals surface area contributed by atoms with Crippen LogP contribution in [0.5, 0.6) is 0 Å². The molecule has 0 radical (unpaired) electrons. The SMILES string of the molecule is CNc1nc(N(CCCO)C2CCC2)c2cc(C)sc2n1. The fourth-order valence-electron chi connectivity index (χ4n) is 2.76. The van der Waals surface area contributed by atoms with Gasteiger partial charge in [-0.3, -0.25) is 0 Å². The van der Waals surface area contributed by atoms with Crippen molar-refractivity contribution in [1.82, 2.24) is 9.97 Å². The van der Waals surface area contributed by atoms with E-state index in [9.17, 15) is 5.11 Å². The van der Waals surface area contributed by atoms with Crippen molar-refractivity contribution in [2.24, 2.45) is 0 Å². The van der Waals surface area contributed by atoms with Gasteiger partial charge in [0.15, 0.2) is 0 Å². The topological polar surface area (TPSA) is 61.3 Å². The van der Waals surface area contributed by atoms with Gasteiger partial charge in [0.05, 0.1) is 5.39 Å². The zero-order valence-electron chi connectivity index (χ0n) is 12.6. The molecule has 0 bridgehead atoms. The predicted octanol–water partition coefficient (Wildman–Crippen LogP) is 2.78. The normalized spacial score (nSPS) is 15.2. The lowest BCUT2D eigenvalue weighted by molar-refractivity contribution is 0.282. The molecule has 0 unspecified atom stereocenters. The number of nitrogens with one attached hydrogen (secondary N) is 1. The highest BCUT2D eigenvalue weighted by atomic mass is 32.1. The van der Waals surface area contributed by atoms with Crippen LogP contribution in [0.15, 0.2) is 6.07 Å². The quantitative estimate of drug-likeness (QED) is 0.859. The molecule has 2 heterocycles. The van der Waals surface area contributed by atoms with Crippen LogP contribution in [0.1, 0.15) is 30.6 Å². The summed E-state index contributed by atoms with van der Waals surface area (Å²) < 4.78 is 0. The molecule has 1 fully saturated rings. The molecule has 0 spiro atoms. The van der Waals surface area contributed by atoms with Gasteiger partial charge in [0.25, 0.3) is 0 Å². The van der Waals surface area contributed by atoms with Crippen molar-refractivity contribution < 1.29 is 5.11 Å². The monoisotopic (exact) mass is 306 g/mol. The summed E-state index contributed by atoms with van der Waals surface area (Å²) in [4.78, 5) is 13.9. The summed E-state index contributed by atoms with van der Waals surface area (Å²) >= 11 is 1.71. The van der Waals surface area contributed by atoms with Gasteiger partial charge in [-0.15, -0.1) is 11.3 Å². The van der Waals surface area contributed by atoms with Gasteiger partial charge < -0.3 is 15.3 Å². The Labute approximate surface area is 129 Å². The summed E-state index contributed by atoms with van der Waals surface area (Å²) in [6, 6.07) is 2.74. The molecule has 6 heteroatoms. The molecular formula is C15H22N4OS. The Kier molecular flexibility index (Phi) is 4.26. The largest absolute Gasteiger partial charge is 0.396 e. The average Bonchev–Trinajstić information content (AvgIpc) is 2.80. The summed E-state index contributed by atoms with van der Waals surface area (Å²) in [5.74, 6) is 1.69. The molecule has 1 aliphatic carbocycles. The van der Waals surface area contributed by atoms with E-state index in [1.54, 1.807) is 11.3 Å². The van der Waals surface area contributed by atoms with E-state index < -0.39 is 0 Å². The lowest BCUT2D eigenvalue weighted by Crippen LogP contribution is -2.41. The Balaban J connectivity index is 2.05. The van der Waals surface area contributed by atoms with Crippen LogP contribution in [0.3, 0.4) is 0 Å². The lowest BCUT2D eigenvalue weighted by atomic mass is 9.91. The van der Waals surface area contributed by atoms with Crippen molar-refractivity contribution in [3.8, 4) is 0 Å². The molecule has 0 amide bonds. The first-order valence-electron chi connectivity index (χ1n) is 7.56. The van der Waals surface area contributed by atoms with Gasteiger partial charge in [0.2, 0.25) is 5.95 Å². The van der Waals surface area contributed by atoms with Gasteiger partial charge in [-0.2, -0.15) is 4.98 Å². The number of thiophene rings is 1. The van der Waals surface area contributed by atoms with E-state index in [1.807, 2.05) is 7.05 Å². The molecule has 114 valence electrons. The van der Waals surface area contributed by atoms with Crippen molar-refractivity contribution in [3.05, 3.63) is 10.9 Å². The molecule has 3 rings (SSSR count). The second kappa shape index (κ2) is 6.15. The number of anilines is 2. The summed E-state index contributed by atoms with van der Waals surface area (Å²) in [5, 5.41) is 13.4. The first-order chi connectivity index (χ1) is 10.2. The van der Waals surface area contributed by atoms with Gasteiger partial charge in [-0.25, -0.2) is 4.98 Å². The average molecular weight is 306 g/mol. The Bertz CT molecular complexity index is 623. The summed E-state index contributed by atoms with van der Waals surface area (Å²) in [6.07, 6.45) is 4.50. The zero-order valence-corrected chi connectivity index (χ0v) is 13.4. The van der Waals surface area contributed by atoms with E-state index in [1.165, 1.54) is 24.1 Å². The third-order valence-corrected chi connectivity index (χ3v) is 5.01. The second-order valence-corrected chi connectivity index (χ2v) is 6.79. The van der Waals surface area contributed by atoms with Gasteiger partial charge in [-0.1, -0.05) is 0 Å². The van der Waals surface area contributed by atoms with Crippen LogP contribution < -0.4 is 10.2 Å².